The summed E-state index contributed by atoms with van der Waals surface area (Å²) < 4.78 is 132. The number of aliphatic hydroxyl groups is 3. The molecule has 6 unspecified atom stereocenters. The van der Waals surface area contributed by atoms with Crippen molar-refractivity contribution in [3.63, 3.8) is 0 Å². The standard InChI is InChI=1S/C58H85N5O25S3/c1-9-17-33(4)26-34(5)57(74)85-39(22-20-32(2)3)18-15-13-11-10-12-14-16-19-46(64)59-25-24-47(65)61-43(31-89(75,76)77)55(71)63(8)48-38-29-41(52(45(30-38)88-91(81,82)83)86-58-51(68)50(67)49(66)36(7)84-58)40-27-37(21-23-44(40)87-90(78,79)80)28-42(56(72)73)62-53(69)35(6)60-54(48)70/h16,19,21,23,26-27,29-30,32-33,35-36,39,42-43,48-51,58,66-68H,9-15,17-18,20,22,24-25,28,31H2,1-8H3,(H,59,64)(H,60,70)(H,61,65)(H,62,69)(H,72,73)(H,75,76,77)(H,78,79,80)(H,81,82,83)/b19-16+,34-26-/t33?,35?,36-,39?,42?,43?,48?,49-,50+,51+,58-/m1/s1. The summed E-state index contributed by atoms with van der Waals surface area (Å²) >= 11 is 0. The SMILES string of the molecule is CCCC(C)/C=C(/C)C(=O)OC(CCCCCCC/C=C/C(=O)NCCC(=O)NC(CS(=O)(=O)O)C(=O)N(C)C1C(=O)NC(C)C(=O)NC(C(=O)O)Cc2ccc(OS(=O)(=O)O)c(c2)-c2cc1cc(OS(=O)(=O)O)c2O[C@H]1O[C@H](C)[C@@H](O)[C@H](O)[C@@H]1O)CCC(C)C. The molecule has 2 heterocycles. The molecule has 1 saturated heterocycles. The molecule has 5 amide bonds. The monoisotopic (exact) mass is 1350 g/mol. The molecule has 11 atom stereocenters. The number of carboxylic acid groups (broad SMARTS) is 1. The fourth-order valence-electron chi connectivity index (χ4n) is 10.0. The van der Waals surface area contributed by atoms with Gasteiger partial charge in [-0.05, 0) is 119 Å². The van der Waals surface area contributed by atoms with Gasteiger partial charge in [0.15, 0.2) is 17.2 Å². The number of likely N-dealkylation sites (N-methyl/N-ethyl adjacent to an activating group) is 1. The number of ether oxygens (including phenoxy) is 3. The molecular formula is C58H85N5O25S3. The molecule has 2 aliphatic rings. The number of aliphatic carboxylic acids is 1. The lowest BCUT2D eigenvalue weighted by molar-refractivity contribution is -0.268. The Morgan fingerprint density at radius 3 is 2.08 bits per heavy atom. The molecular weight excluding hydrogens is 1260 g/mol. The Labute approximate surface area is 529 Å². The minimum absolute atomic E-state index is 0.109. The molecule has 0 aliphatic carbocycles. The Balaban J connectivity index is 1.62. The van der Waals surface area contributed by atoms with Gasteiger partial charge in [-0.2, -0.15) is 25.3 Å². The summed E-state index contributed by atoms with van der Waals surface area (Å²) in [5.74, 6) is -11.8. The number of nitrogens with zero attached hydrogens (tertiary/aromatic N) is 1. The highest BCUT2D eigenvalue weighted by Gasteiger charge is 2.45. The van der Waals surface area contributed by atoms with E-state index in [1.165, 1.54) is 13.0 Å². The van der Waals surface area contributed by atoms with Gasteiger partial charge in [-0.3, -0.25) is 37.6 Å². The Morgan fingerprint density at radius 1 is 0.802 bits per heavy atom. The highest BCUT2D eigenvalue weighted by Crippen LogP contribution is 2.47. The second-order valence-electron chi connectivity index (χ2n) is 23.0. The van der Waals surface area contributed by atoms with Crippen molar-refractivity contribution in [2.75, 3.05) is 19.3 Å². The summed E-state index contributed by atoms with van der Waals surface area (Å²) in [5, 5.41) is 51.4. The Morgan fingerprint density at radius 2 is 1.45 bits per heavy atom. The molecule has 0 radical (unpaired) electrons. The lowest BCUT2D eigenvalue weighted by atomic mass is 9.93. The summed E-state index contributed by atoms with van der Waals surface area (Å²) in [6.07, 6.45) is 3.11. The zero-order valence-corrected chi connectivity index (χ0v) is 54.3. The van der Waals surface area contributed by atoms with Crippen LogP contribution in [0.3, 0.4) is 0 Å². The van der Waals surface area contributed by atoms with Gasteiger partial charge >= 0.3 is 32.7 Å². The molecule has 4 bridgehead atoms. The van der Waals surface area contributed by atoms with Crippen LogP contribution >= 0.6 is 0 Å². The van der Waals surface area contributed by atoms with Gasteiger partial charge in [0.2, 0.25) is 35.8 Å². The maximum Gasteiger partial charge on any atom is 0.446 e. The van der Waals surface area contributed by atoms with Crippen LogP contribution in [0.4, 0.5) is 0 Å². The fraction of sp³-hybridized carbons (Fsp3) is 0.603. The Bertz CT molecular complexity index is 3310. The molecule has 33 heteroatoms. The van der Waals surface area contributed by atoms with Crippen molar-refractivity contribution in [2.45, 2.75) is 193 Å². The number of hydrogen-bond acceptors (Lipinski definition) is 21. The number of benzene rings is 2. The second-order valence-corrected chi connectivity index (χ2v) is 26.5. The number of carbonyl (C=O) groups is 7. The van der Waals surface area contributed by atoms with Crippen molar-refractivity contribution in [3.05, 3.63) is 65.3 Å². The van der Waals surface area contributed by atoms with E-state index in [1.807, 2.05) is 6.08 Å². The van der Waals surface area contributed by atoms with Gasteiger partial charge in [-0.1, -0.05) is 71.6 Å². The van der Waals surface area contributed by atoms with Crippen LogP contribution in [-0.2, 0) is 80.4 Å². The first-order valence-corrected chi connectivity index (χ1v) is 33.9. The van der Waals surface area contributed by atoms with Crippen LogP contribution in [0.15, 0.2) is 54.1 Å². The van der Waals surface area contributed by atoms with E-state index in [4.69, 9.17) is 22.6 Å². The molecule has 11 N–H and O–H groups in total. The normalized spacial score (nSPS) is 21.9. The van der Waals surface area contributed by atoms with Crippen LogP contribution in [0.5, 0.6) is 17.2 Å². The third kappa shape index (κ3) is 25.3. The molecule has 91 heavy (non-hydrogen) atoms. The predicted molar refractivity (Wildman–Crippen MR) is 325 cm³/mol. The molecule has 30 nitrogen and oxygen atoms in total. The summed E-state index contributed by atoms with van der Waals surface area (Å²) in [7, 11) is -15.8. The molecule has 0 spiro atoms. The minimum atomic E-state index is -5.78. The molecule has 0 saturated carbocycles. The van der Waals surface area contributed by atoms with Crippen LogP contribution in [0.1, 0.15) is 143 Å². The Hall–Kier alpha value is -6.82. The Kier molecular flexibility index (Phi) is 29.2. The number of allylic oxidation sites excluding steroid dienone is 2. The lowest BCUT2D eigenvalue weighted by Crippen LogP contribution is -2.58. The van der Waals surface area contributed by atoms with E-state index < -0.39 is 174 Å². The van der Waals surface area contributed by atoms with Gasteiger partial charge in [0.1, 0.15) is 54.3 Å². The number of rotatable bonds is 32. The molecule has 4 rings (SSSR count). The zero-order valence-electron chi connectivity index (χ0n) is 51.8. The van der Waals surface area contributed by atoms with Crippen LogP contribution in [-0.4, -0.2) is 180 Å². The van der Waals surface area contributed by atoms with E-state index >= 15 is 0 Å². The number of esters is 1. The summed E-state index contributed by atoms with van der Waals surface area (Å²) in [6.45, 7) is 12.1. The average molecular weight is 1350 g/mol. The van der Waals surface area contributed by atoms with Crippen molar-refractivity contribution in [3.8, 4) is 28.4 Å². The number of carboxylic acids is 1. The average Bonchev–Trinajstić information content (AvgIpc) is 1.00. The number of nitrogens with one attached hydrogen (secondary N) is 4. The van der Waals surface area contributed by atoms with E-state index in [0.717, 1.165) is 102 Å². The van der Waals surface area contributed by atoms with Gasteiger partial charge in [0, 0.05) is 43.1 Å². The summed E-state index contributed by atoms with van der Waals surface area (Å²) in [4.78, 5) is 95.0. The number of fused-ring (bicyclic) bond motifs is 5. The van der Waals surface area contributed by atoms with Crippen molar-refractivity contribution in [1.29, 1.82) is 0 Å². The number of carbonyl (C=O) groups excluding carboxylic acids is 6. The molecule has 2 aliphatic heterocycles. The number of unbranched alkanes of at least 4 members (excludes halogenated alkanes) is 5. The smallest absolute Gasteiger partial charge is 0.446 e. The highest BCUT2D eigenvalue weighted by molar-refractivity contribution is 7.85. The second kappa shape index (κ2) is 34.7. The zero-order chi connectivity index (χ0) is 68.3. The number of amides is 5. The van der Waals surface area contributed by atoms with Crippen molar-refractivity contribution < 1.29 is 115 Å². The maximum atomic E-state index is 14.7. The summed E-state index contributed by atoms with van der Waals surface area (Å²) in [5.41, 5.74) is -1.61. The first-order chi connectivity index (χ1) is 42.4. The summed E-state index contributed by atoms with van der Waals surface area (Å²) in [6, 6.07) is -3.97. The first-order valence-electron chi connectivity index (χ1n) is 29.6. The van der Waals surface area contributed by atoms with Gasteiger partial charge in [0.05, 0.1) is 6.10 Å². The van der Waals surface area contributed by atoms with Gasteiger partial charge in [-0.15, -0.1) is 0 Å². The topological polar surface area (TPSA) is 461 Å². The first kappa shape index (κ1) is 76.6. The third-order valence-electron chi connectivity index (χ3n) is 14.7. The van der Waals surface area contributed by atoms with E-state index in [0.29, 0.717) is 28.9 Å². The van der Waals surface area contributed by atoms with E-state index in [-0.39, 0.29) is 30.1 Å². The van der Waals surface area contributed by atoms with Gasteiger partial charge < -0.3 is 69.2 Å². The maximum absolute atomic E-state index is 14.7. The minimum Gasteiger partial charge on any atom is -0.480 e. The van der Waals surface area contributed by atoms with Gasteiger partial charge in [0.25, 0.3) is 10.1 Å². The molecule has 1 fully saturated rings. The van der Waals surface area contributed by atoms with Crippen molar-refractivity contribution >= 4 is 72.4 Å². The van der Waals surface area contributed by atoms with Crippen molar-refractivity contribution in [2.24, 2.45) is 11.8 Å². The van der Waals surface area contributed by atoms with Crippen LogP contribution in [0.2, 0.25) is 0 Å². The molecule has 0 aromatic heterocycles. The highest BCUT2D eigenvalue weighted by atomic mass is 32.3. The quantitative estimate of drug-likeness (QED) is 0.0217. The fourth-order valence-corrected chi connectivity index (χ4v) is 11.4. The molecule has 510 valence electrons. The van der Waals surface area contributed by atoms with Crippen LogP contribution in [0.25, 0.3) is 11.1 Å². The molecule has 2 aromatic rings. The predicted octanol–water partition coefficient (Wildman–Crippen LogP) is 2.95. The van der Waals surface area contributed by atoms with Gasteiger partial charge in [-0.25, -0.2) is 9.59 Å². The van der Waals surface area contributed by atoms with Crippen molar-refractivity contribution in [1.82, 2.24) is 26.2 Å². The van der Waals surface area contributed by atoms with E-state index in [9.17, 15) is 92.9 Å². The van der Waals surface area contributed by atoms with Crippen LogP contribution < -0.4 is 34.4 Å². The number of aliphatic hydroxyl groups excluding tert-OH is 3. The van der Waals surface area contributed by atoms with Crippen LogP contribution in [0, 0.1) is 11.8 Å². The molecule has 2 aromatic carbocycles. The van der Waals surface area contributed by atoms with E-state index in [1.54, 1.807) is 13.0 Å². The largest absolute Gasteiger partial charge is 0.480 e. The third-order valence-corrected chi connectivity index (χ3v) is 16.3. The lowest BCUT2D eigenvalue weighted by Gasteiger charge is -2.39. The van der Waals surface area contributed by atoms with E-state index in [2.05, 4.69) is 49.0 Å². The number of hydrogen-bond donors (Lipinski definition) is 11.